The molecule has 1 aromatic heterocycles. The minimum Gasteiger partial charge on any atom is -0.466 e. The van der Waals surface area contributed by atoms with Crippen molar-refractivity contribution in [2.75, 3.05) is 11.5 Å². The standard InChI is InChI=1S/C24H22N2O3/c1-2-29-22(27)17-24(16-18-12-14-25-15-13-18)20-10-6-7-11-21(20)26(23(24)28)19-8-4-3-5-9-19/h3-15H,2,16-17H2,1H3. The number of benzene rings is 2. The lowest BCUT2D eigenvalue weighted by molar-refractivity contribution is -0.146. The van der Waals surface area contributed by atoms with Crippen molar-refractivity contribution in [3.63, 3.8) is 0 Å². The van der Waals surface area contributed by atoms with Crippen molar-refractivity contribution in [1.29, 1.82) is 0 Å². The van der Waals surface area contributed by atoms with E-state index in [4.69, 9.17) is 4.74 Å². The van der Waals surface area contributed by atoms with Crippen molar-refractivity contribution in [3.8, 4) is 0 Å². The normalized spacial score (nSPS) is 17.8. The van der Waals surface area contributed by atoms with E-state index in [-0.39, 0.29) is 24.9 Å². The number of hydrogen-bond acceptors (Lipinski definition) is 4. The van der Waals surface area contributed by atoms with Crippen molar-refractivity contribution in [3.05, 3.63) is 90.3 Å². The molecule has 1 aliphatic rings. The summed E-state index contributed by atoms with van der Waals surface area (Å²) in [4.78, 5) is 32.3. The predicted molar refractivity (Wildman–Crippen MR) is 111 cm³/mol. The Bertz CT molecular complexity index is 1020. The van der Waals surface area contributed by atoms with Crippen LogP contribution >= 0.6 is 0 Å². The summed E-state index contributed by atoms with van der Waals surface area (Å²) >= 11 is 0. The molecule has 146 valence electrons. The molecular formula is C24H22N2O3. The van der Waals surface area contributed by atoms with Crippen LogP contribution in [0.1, 0.15) is 24.5 Å². The summed E-state index contributed by atoms with van der Waals surface area (Å²) < 4.78 is 5.25. The van der Waals surface area contributed by atoms with Gasteiger partial charge in [0.15, 0.2) is 0 Å². The Hall–Kier alpha value is -3.47. The molecule has 0 aliphatic carbocycles. The Morgan fingerprint density at radius 3 is 2.41 bits per heavy atom. The molecule has 4 rings (SSSR count). The maximum atomic E-state index is 13.9. The average Bonchev–Trinajstić information content (AvgIpc) is 2.98. The molecule has 0 radical (unpaired) electrons. The van der Waals surface area contributed by atoms with Crippen molar-refractivity contribution < 1.29 is 14.3 Å². The number of carbonyl (C=O) groups excluding carboxylic acids is 2. The van der Waals surface area contributed by atoms with Crippen LogP contribution in [-0.4, -0.2) is 23.5 Å². The van der Waals surface area contributed by atoms with Crippen molar-refractivity contribution in [1.82, 2.24) is 4.98 Å². The first-order chi connectivity index (χ1) is 14.2. The van der Waals surface area contributed by atoms with Gasteiger partial charge in [-0.25, -0.2) is 0 Å². The molecule has 5 nitrogen and oxygen atoms in total. The monoisotopic (exact) mass is 386 g/mol. The van der Waals surface area contributed by atoms with E-state index >= 15 is 0 Å². The molecule has 0 N–H and O–H groups in total. The van der Waals surface area contributed by atoms with Gasteiger partial charge in [-0.1, -0.05) is 36.4 Å². The van der Waals surface area contributed by atoms with E-state index in [1.807, 2.05) is 66.7 Å². The molecule has 1 aliphatic heterocycles. The van der Waals surface area contributed by atoms with E-state index < -0.39 is 5.41 Å². The Labute approximate surface area is 170 Å². The van der Waals surface area contributed by atoms with Crippen LogP contribution in [0.5, 0.6) is 0 Å². The van der Waals surface area contributed by atoms with E-state index in [0.717, 1.165) is 22.5 Å². The first-order valence-corrected chi connectivity index (χ1v) is 9.69. The quantitative estimate of drug-likeness (QED) is 0.596. The van der Waals surface area contributed by atoms with Gasteiger partial charge in [-0.3, -0.25) is 19.5 Å². The van der Waals surface area contributed by atoms with Crippen LogP contribution in [0.15, 0.2) is 79.1 Å². The highest BCUT2D eigenvalue weighted by Crippen LogP contribution is 2.49. The zero-order valence-electron chi connectivity index (χ0n) is 16.2. The molecule has 2 heterocycles. The summed E-state index contributed by atoms with van der Waals surface area (Å²) in [5, 5.41) is 0. The molecule has 0 fully saturated rings. The topological polar surface area (TPSA) is 59.5 Å². The van der Waals surface area contributed by atoms with E-state index in [2.05, 4.69) is 4.98 Å². The lowest BCUT2D eigenvalue weighted by Crippen LogP contribution is -2.42. The minimum absolute atomic E-state index is 0.0116. The number of hydrogen-bond donors (Lipinski definition) is 0. The summed E-state index contributed by atoms with van der Waals surface area (Å²) in [6.07, 6.45) is 3.79. The van der Waals surface area contributed by atoms with E-state index in [9.17, 15) is 9.59 Å². The second-order valence-electron chi connectivity index (χ2n) is 7.09. The van der Waals surface area contributed by atoms with Gasteiger partial charge in [0.1, 0.15) is 0 Å². The molecule has 0 spiro atoms. The highest BCUT2D eigenvalue weighted by Gasteiger charge is 2.52. The van der Waals surface area contributed by atoms with Crippen LogP contribution in [-0.2, 0) is 26.2 Å². The van der Waals surface area contributed by atoms with E-state index in [0.29, 0.717) is 6.42 Å². The van der Waals surface area contributed by atoms with Crippen molar-refractivity contribution in [2.24, 2.45) is 0 Å². The van der Waals surface area contributed by atoms with Gasteiger partial charge in [0, 0.05) is 18.1 Å². The SMILES string of the molecule is CCOC(=O)CC1(Cc2ccncc2)C(=O)N(c2ccccc2)c2ccccc21. The first kappa shape index (κ1) is 18.9. The largest absolute Gasteiger partial charge is 0.466 e. The fourth-order valence-corrected chi connectivity index (χ4v) is 4.06. The average molecular weight is 386 g/mol. The maximum absolute atomic E-state index is 13.9. The third kappa shape index (κ3) is 3.40. The van der Waals surface area contributed by atoms with Crippen molar-refractivity contribution in [2.45, 2.75) is 25.2 Å². The summed E-state index contributed by atoms with van der Waals surface area (Å²) in [7, 11) is 0. The Morgan fingerprint density at radius 1 is 1.00 bits per heavy atom. The second kappa shape index (κ2) is 7.87. The summed E-state index contributed by atoms with van der Waals surface area (Å²) in [5.74, 6) is -0.491. The number of ether oxygens (including phenoxy) is 1. The highest BCUT2D eigenvalue weighted by atomic mass is 16.5. The third-order valence-corrected chi connectivity index (χ3v) is 5.29. The lowest BCUT2D eigenvalue weighted by atomic mass is 9.74. The maximum Gasteiger partial charge on any atom is 0.307 e. The molecule has 0 bridgehead atoms. The number of anilines is 2. The van der Waals surface area contributed by atoms with Gasteiger partial charge in [0.2, 0.25) is 5.91 Å². The van der Waals surface area contributed by atoms with Crippen LogP contribution in [0.3, 0.4) is 0 Å². The molecule has 0 saturated carbocycles. The molecule has 1 unspecified atom stereocenters. The van der Waals surface area contributed by atoms with E-state index in [1.54, 1.807) is 24.2 Å². The number of fused-ring (bicyclic) bond motifs is 1. The summed E-state index contributed by atoms with van der Waals surface area (Å²) in [5.41, 5.74) is 2.36. The number of pyridine rings is 1. The summed E-state index contributed by atoms with van der Waals surface area (Å²) in [6, 6.07) is 21.0. The number of para-hydroxylation sites is 2. The van der Waals surface area contributed by atoms with Crippen LogP contribution in [0, 0.1) is 0 Å². The van der Waals surface area contributed by atoms with Crippen LogP contribution in [0.2, 0.25) is 0 Å². The zero-order chi connectivity index (χ0) is 20.3. The third-order valence-electron chi connectivity index (χ3n) is 5.29. The lowest BCUT2D eigenvalue weighted by Gasteiger charge is -2.28. The molecule has 29 heavy (non-hydrogen) atoms. The van der Waals surface area contributed by atoms with Gasteiger partial charge in [-0.2, -0.15) is 0 Å². The Kier molecular flexibility index (Phi) is 5.12. The van der Waals surface area contributed by atoms with Crippen LogP contribution < -0.4 is 4.90 Å². The smallest absolute Gasteiger partial charge is 0.307 e. The number of esters is 1. The zero-order valence-corrected chi connectivity index (χ0v) is 16.2. The Balaban J connectivity index is 1.87. The van der Waals surface area contributed by atoms with E-state index in [1.165, 1.54) is 0 Å². The molecule has 1 atom stereocenters. The van der Waals surface area contributed by atoms with Gasteiger partial charge in [0.25, 0.3) is 0 Å². The molecule has 5 heteroatoms. The highest BCUT2D eigenvalue weighted by molar-refractivity contribution is 6.14. The molecular weight excluding hydrogens is 364 g/mol. The number of amides is 1. The predicted octanol–water partition coefficient (Wildman–Crippen LogP) is 4.19. The van der Waals surface area contributed by atoms with Gasteiger partial charge in [-0.05, 0) is 54.8 Å². The minimum atomic E-state index is -1.03. The van der Waals surface area contributed by atoms with Gasteiger partial charge >= 0.3 is 5.97 Å². The fourth-order valence-electron chi connectivity index (χ4n) is 4.06. The Morgan fingerprint density at radius 2 is 1.69 bits per heavy atom. The molecule has 0 saturated heterocycles. The van der Waals surface area contributed by atoms with Crippen LogP contribution in [0.4, 0.5) is 11.4 Å². The molecule has 1 amide bonds. The second-order valence-corrected chi connectivity index (χ2v) is 7.09. The summed E-state index contributed by atoms with van der Waals surface area (Å²) in [6.45, 7) is 2.05. The number of rotatable bonds is 6. The molecule has 3 aromatic rings. The number of carbonyl (C=O) groups is 2. The van der Waals surface area contributed by atoms with Gasteiger partial charge in [0.05, 0.1) is 24.1 Å². The van der Waals surface area contributed by atoms with Crippen molar-refractivity contribution >= 4 is 23.3 Å². The number of aromatic nitrogens is 1. The van der Waals surface area contributed by atoms with Gasteiger partial charge < -0.3 is 4.74 Å². The number of nitrogens with zero attached hydrogens (tertiary/aromatic N) is 2. The van der Waals surface area contributed by atoms with Crippen LogP contribution in [0.25, 0.3) is 0 Å². The molecule has 2 aromatic carbocycles. The first-order valence-electron chi connectivity index (χ1n) is 9.69. The fraction of sp³-hybridized carbons (Fsp3) is 0.208. The van der Waals surface area contributed by atoms with Gasteiger partial charge in [-0.15, -0.1) is 0 Å².